The van der Waals surface area contributed by atoms with Gasteiger partial charge in [0.1, 0.15) is 4.90 Å². The van der Waals surface area contributed by atoms with E-state index in [0.717, 1.165) is 6.07 Å². The minimum absolute atomic E-state index is 0.0238. The summed E-state index contributed by atoms with van der Waals surface area (Å²) >= 11 is 11.8. The van der Waals surface area contributed by atoms with Crippen LogP contribution in [0.2, 0.25) is 10.0 Å². The van der Waals surface area contributed by atoms with Crippen LogP contribution >= 0.6 is 23.2 Å². The van der Waals surface area contributed by atoms with E-state index in [0.29, 0.717) is 0 Å². The van der Waals surface area contributed by atoms with Gasteiger partial charge in [0.05, 0.1) is 10.6 Å². The van der Waals surface area contributed by atoms with Crippen LogP contribution in [-0.4, -0.2) is 20.4 Å². The Morgan fingerprint density at radius 2 is 1.81 bits per heavy atom. The van der Waals surface area contributed by atoms with Gasteiger partial charge in [0, 0.05) is 11.1 Å². The molecule has 1 aromatic rings. The summed E-state index contributed by atoms with van der Waals surface area (Å²) in [5, 5.41) is 7.66. The lowest BCUT2D eigenvalue weighted by Crippen LogP contribution is -2.41. The van der Waals surface area contributed by atoms with Crippen molar-refractivity contribution in [3.05, 3.63) is 27.7 Å². The smallest absolute Gasteiger partial charge is 0.253 e. The highest BCUT2D eigenvalue weighted by molar-refractivity contribution is 7.89. The number of halogens is 2. The molecule has 1 amide bonds. The van der Waals surface area contributed by atoms with Gasteiger partial charge in [-0.25, -0.2) is 13.6 Å². The van der Waals surface area contributed by atoms with Crippen molar-refractivity contribution < 1.29 is 13.2 Å². The van der Waals surface area contributed by atoms with Crippen molar-refractivity contribution in [2.24, 2.45) is 10.6 Å². The molecular weight excluding hydrogens is 335 g/mol. The van der Waals surface area contributed by atoms with Gasteiger partial charge >= 0.3 is 0 Å². The number of benzene rings is 1. The van der Waals surface area contributed by atoms with Gasteiger partial charge in [0.2, 0.25) is 10.0 Å². The largest absolute Gasteiger partial charge is 0.349 e. The quantitative estimate of drug-likeness (QED) is 0.876. The summed E-state index contributed by atoms with van der Waals surface area (Å²) in [5.74, 6) is -0.505. The molecule has 0 aliphatic heterocycles. The lowest BCUT2D eigenvalue weighted by atomic mass is 9.88. The molecule has 118 valence electrons. The van der Waals surface area contributed by atoms with Crippen LogP contribution in [0.15, 0.2) is 17.0 Å². The molecular formula is C13H18Cl2N2O3S. The van der Waals surface area contributed by atoms with Crippen molar-refractivity contribution in [3.63, 3.8) is 0 Å². The molecule has 0 fully saturated rings. The summed E-state index contributed by atoms with van der Waals surface area (Å²) < 4.78 is 22.9. The third-order valence-corrected chi connectivity index (χ3v) is 4.87. The summed E-state index contributed by atoms with van der Waals surface area (Å²) in [4.78, 5) is 11.9. The van der Waals surface area contributed by atoms with Crippen LogP contribution in [0.25, 0.3) is 0 Å². The van der Waals surface area contributed by atoms with E-state index in [1.54, 1.807) is 0 Å². The molecule has 1 rings (SSSR count). The number of hydrogen-bond donors (Lipinski definition) is 2. The fourth-order valence-corrected chi connectivity index (χ4v) is 2.88. The number of hydrogen-bond acceptors (Lipinski definition) is 3. The number of amides is 1. The molecule has 5 nitrogen and oxygen atoms in total. The van der Waals surface area contributed by atoms with Gasteiger partial charge < -0.3 is 5.32 Å². The fraction of sp³-hybridized carbons (Fsp3) is 0.462. The van der Waals surface area contributed by atoms with E-state index in [1.165, 1.54) is 6.07 Å². The van der Waals surface area contributed by atoms with Gasteiger partial charge in [-0.3, -0.25) is 4.79 Å². The second-order valence-corrected chi connectivity index (χ2v) is 8.22. The first-order chi connectivity index (χ1) is 9.34. The Kier molecular flexibility index (Phi) is 5.31. The first-order valence-electron chi connectivity index (χ1n) is 6.16. The lowest BCUT2D eigenvalue weighted by Gasteiger charge is -2.28. The molecule has 0 radical (unpaired) electrons. The van der Waals surface area contributed by atoms with Crippen molar-refractivity contribution in [1.29, 1.82) is 0 Å². The maximum absolute atomic E-state index is 12.3. The molecule has 3 N–H and O–H groups in total. The van der Waals surface area contributed by atoms with Gasteiger partial charge in [-0.15, -0.1) is 0 Å². The van der Waals surface area contributed by atoms with E-state index in [-0.39, 0.29) is 32.0 Å². The lowest BCUT2D eigenvalue weighted by molar-refractivity contribution is 0.0910. The Morgan fingerprint density at radius 1 is 1.29 bits per heavy atom. The molecule has 0 spiro atoms. The third kappa shape index (κ3) is 4.57. The van der Waals surface area contributed by atoms with Gasteiger partial charge in [0.25, 0.3) is 5.91 Å². The van der Waals surface area contributed by atoms with E-state index in [2.05, 4.69) is 5.32 Å². The summed E-state index contributed by atoms with van der Waals surface area (Å²) in [6.45, 7) is 7.74. The molecule has 8 heteroatoms. The predicted molar refractivity (Wildman–Crippen MR) is 84.2 cm³/mol. The Morgan fingerprint density at radius 3 is 2.24 bits per heavy atom. The highest BCUT2D eigenvalue weighted by Gasteiger charge is 2.25. The van der Waals surface area contributed by atoms with Crippen LogP contribution in [-0.2, 0) is 10.0 Å². The molecule has 21 heavy (non-hydrogen) atoms. The molecule has 0 bridgehead atoms. The number of nitrogens with one attached hydrogen (secondary N) is 1. The number of sulfonamides is 1. The van der Waals surface area contributed by atoms with E-state index in [1.807, 2.05) is 27.7 Å². The Hall–Kier alpha value is -0.820. The summed E-state index contributed by atoms with van der Waals surface area (Å²) in [7, 11) is -4.07. The summed E-state index contributed by atoms with van der Waals surface area (Å²) in [6.07, 6.45) is 0. The third-order valence-electron chi connectivity index (χ3n) is 3.20. The molecule has 0 aliphatic rings. The molecule has 0 heterocycles. The average molecular weight is 353 g/mol. The van der Waals surface area contributed by atoms with Gasteiger partial charge in [-0.2, -0.15) is 0 Å². The first kappa shape index (κ1) is 18.2. The molecule has 1 atom stereocenters. The minimum atomic E-state index is -4.07. The molecule has 0 aromatic heterocycles. The van der Waals surface area contributed by atoms with Crippen LogP contribution in [0.1, 0.15) is 38.1 Å². The van der Waals surface area contributed by atoms with Crippen LogP contribution in [0.5, 0.6) is 0 Å². The van der Waals surface area contributed by atoms with Crippen molar-refractivity contribution >= 4 is 39.1 Å². The van der Waals surface area contributed by atoms with Gasteiger partial charge in [-0.05, 0) is 24.5 Å². The molecule has 1 unspecified atom stereocenters. The van der Waals surface area contributed by atoms with Crippen LogP contribution < -0.4 is 10.5 Å². The summed E-state index contributed by atoms with van der Waals surface area (Å²) in [6, 6.07) is 2.27. The van der Waals surface area contributed by atoms with Gasteiger partial charge in [0.15, 0.2) is 0 Å². The molecule has 0 saturated carbocycles. The number of rotatable bonds is 3. The van der Waals surface area contributed by atoms with E-state index in [9.17, 15) is 13.2 Å². The Balaban J connectivity index is 3.26. The van der Waals surface area contributed by atoms with E-state index < -0.39 is 15.9 Å². The monoisotopic (exact) mass is 352 g/mol. The Bertz CT molecular complexity index is 667. The predicted octanol–water partition coefficient (Wildman–Crippen LogP) is 2.81. The van der Waals surface area contributed by atoms with Crippen LogP contribution in [0.3, 0.4) is 0 Å². The topological polar surface area (TPSA) is 89.3 Å². The van der Waals surface area contributed by atoms with E-state index >= 15 is 0 Å². The van der Waals surface area contributed by atoms with Crippen molar-refractivity contribution in [1.82, 2.24) is 5.32 Å². The normalized spacial score (nSPS) is 13.9. The van der Waals surface area contributed by atoms with Crippen molar-refractivity contribution in [3.8, 4) is 0 Å². The molecule has 0 aliphatic carbocycles. The standard InChI is InChI=1S/C13H18Cl2N2O3S/c1-7(13(2,3)4)17-12(18)9-5-8(14)6-10(11(9)15)21(16,19)20/h5-7H,1-4H3,(H,17,18)(H2,16,19,20). The number of carbonyl (C=O) groups excluding carboxylic acids is 1. The van der Waals surface area contributed by atoms with E-state index in [4.69, 9.17) is 28.3 Å². The fourth-order valence-electron chi connectivity index (χ4n) is 1.43. The van der Waals surface area contributed by atoms with Crippen molar-refractivity contribution in [2.45, 2.75) is 38.6 Å². The maximum Gasteiger partial charge on any atom is 0.253 e. The highest BCUT2D eigenvalue weighted by Crippen LogP contribution is 2.29. The SMILES string of the molecule is CC(NC(=O)c1cc(Cl)cc(S(N)(=O)=O)c1Cl)C(C)(C)C. The maximum atomic E-state index is 12.3. The zero-order chi connectivity index (χ0) is 16.6. The average Bonchev–Trinajstić information content (AvgIpc) is 2.28. The number of nitrogens with two attached hydrogens (primary N) is 1. The first-order valence-corrected chi connectivity index (χ1v) is 8.47. The zero-order valence-electron chi connectivity index (χ0n) is 12.2. The number of carbonyl (C=O) groups is 1. The highest BCUT2D eigenvalue weighted by atomic mass is 35.5. The second kappa shape index (κ2) is 6.12. The Labute approximate surface area is 134 Å². The zero-order valence-corrected chi connectivity index (χ0v) is 14.5. The second-order valence-electron chi connectivity index (χ2n) is 5.87. The number of primary sulfonamides is 1. The van der Waals surface area contributed by atoms with Crippen LogP contribution in [0, 0.1) is 5.41 Å². The van der Waals surface area contributed by atoms with Gasteiger partial charge in [-0.1, -0.05) is 44.0 Å². The molecule has 0 saturated heterocycles. The molecule has 1 aromatic carbocycles. The minimum Gasteiger partial charge on any atom is -0.349 e. The summed E-state index contributed by atoms with van der Waals surface area (Å²) in [5.41, 5.74) is -0.187. The van der Waals surface area contributed by atoms with Crippen molar-refractivity contribution in [2.75, 3.05) is 0 Å². The van der Waals surface area contributed by atoms with Crippen LogP contribution in [0.4, 0.5) is 0 Å².